The van der Waals surface area contributed by atoms with Gasteiger partial charge in [0, 0.05) is 19.2 Å². The van der Waals surface area contributed by atoms with Gasteiger partial charge in [0.05, 0.1) is 17.2 Å². The van der Waals surface area contributed by atoms with E-state index >= 15 is 0 Å². The van der Waals surface area contributed by atoms with Crippen molar-refractivity contribution in [1.82, 2.24) is 10.0 Å². The molecule has 11 heteroatoms. The lowest BCUT2D eigenvalue weighted by atomic mass is 10.3. The van der Waals surface area contributed by atoms with Crippen LogP contribution in [0.3, 0.4) is 0 Å². The Balaban J connectivity index is 3.11. The minimum Gasteiger partial charge on any atom is -0.358 e. The van der Waals surface area contributed by atoms with Gasteiger partial charge in [-0.1, -0.05) is 0 Å². The van der Waals surface area contributed by atoms with Gasteiger partial charge in [-0.3, -0.25) is 20.8 Å². The lowest BCUT2D eigenvalue weighted by Gasteiger charge is -2.10. The second-order valence-corrected chi connectivity index (χ2v) is 5.32. The number of nitro benzene ring substituents is 1. The van der Waals surface area contributed by atoms with Crippen LogP contribution in [0.4, 0.5) is 11.4 Å². The van der Waals surface area contributed by atoms with Gasteiger partial charge in [0.2, 0.25) is 15.9 Å². The van der Waals surface area contributed by atoms with Crippen molar-refractivity contribution in [3.63, 3.8) is 0 Å². The molecule has 0 aliphatic carbocycles. The molecule has 1 aromatic rings. The van der Waals surface area contributed by atoms with Crippen molar-refractivity contribution in [3.8, 4) is 0 Å². The Morgan fingerprint density at radius 3 is 2.60 bits per heavy atom. The molecule has 0 aromatic heterocycles. The average molecular weight is 303 g/mol. The van der Waals surface area contributed by atoms with E-state index in [0.717, 1.165) is 18.2 Å². The molecule has 1 aromatic carbocycles. The number of amides is 1. The summed E-state index contributed by atoms with van der Waals surface area (Å²) in [4.78, 5) is 20.6. The first-order valence-corrected chi connectivity index (χ1v) is 6.75. The van der Waals surface area contributed by atoms with Gasteiger partial charge >= 0.3 is 0 Å². The predicted molar refractivity (Wildman–Crippen MR) is 70.2 cm³/mol. The molecule has 0 heterocycles. The fraction of sp³-hybridized carbons (Fsp3) is 0.222. The third kappa shape index (κ3) is 3.63. The summed E-state index contributed by atoms with van der Waals surface area (Å²) in [6.07, 6.45) is 0. The van der Waals surface area contributed by atoms with Gasteiger partial charge in [-0.05, 0) is 6.07 Å². The lowest BCUT2D eigenvalue weighted by Crippen LogP contribution is -2.35. The van der Waals surface area contributed by atoms with Gasteiger partial charge in [-0.2, -0.15) is 0 Å². The molecular formula is C9H13N5O5S. The molecule has 1 rings (SSSR count). The van der Waals surface area contributed by atoms with Gasteiger partial charge in [0.1, 0.15) is 4.90 Å². The number of carbonyl (C=O) groups excluding carboxylic acids is 1. The summed E-state index contributed by atoms with van der Waals surface area (Å²) in [7, 11) is -2.67. The zero-order valence-electron chi connectivity index (χ0n) is 10.4. The number of hydrogen-bond acceptors (Lipinski definition) is 7. The highest BCUT2D eigenvalue weighted by atomic mass is 32.2. The molecule has 0 saturated carbocycles. The van der Waals surface area contributed by atoms with Gasteiger partial charge in [-0.15, -0.1) is 0 Å². The Morgan fingerprint density at radius 2 is 2.10 bits per heavy atom. The van der Waals surface area contributed by atoms with E-state index in [1.54, 1.807) is 0 Å². The van der Waals surface area contributed by atoms with E-state index in [0.29, 0.717) is 0 Å². The van der Waals surface area contributed by atoms with Gasteiger partial charge < -0.3 is 10.7 Å². The van der Waals surface area contributed by atoms with Crippen LogP contribution in [-0.4, -0.2) is 32.8 Å². The summed E-state index contributed by atoms with van der Waals surface area (Å²) in [5, 5.41) is 12.8. The molecule has 0 saturated heterocycles. The number of carbonyl (C=O) groups is 1. The SMILES string of the molecule is CNC(=O)CNS(=O)(=O)c1ccc([N+](=O)[O-])cc1NN. The summed E-state index contributed by atoms with van der Waals surface area (Å²) in [6.45, 7) is -0.458. The van der Waals surface area contributed by atoms with E-state index in [-0.39, 0.29) is 16.3 Å². The predicted octanol–water partition coefficient (Wildman–Crippen LogP) is -1.10. The number of benzene rings is 1. The van der Waals surface area contributed by atoms with Gasteiger partial charge in [-0.25, -0.2) is 13.1 Å². The maximum Gasteiger partial charge on any atom is 0.271 e. The number of nitrogens with zero attached hydrogens (tertiary/aromatic N) is 1. The summed E-state index contributed by atoms with van der Waals surface area (Å²) < 4.78 is 26.0. The third-order valence-corrected chi connectivity index (χ3v) is 3.78. The normalized spacial score (nSPS) is 10.9. The highest BCUT2D eigenvalue weighted by molar-refractivity contribution is 7.89. The number of rotatable bonds is 6. The van der Waals surface area contributed by atoms with Crippen molar-refractivity contribution in [3.05, 3.63) is 28.3 Å². The number of non-ortho nitro benzene ring substituents is 1. The van der Waals surface area contributed by atoms with Crippen LogP contribution in [0.25, 0.3) is 0 Å². The number of nitro groups is 1. The van der Waals surface area contributed by atoms with Gasteiger partial charge in [0.15, 0.2) is 0 Å². The zero-order valence-corrected chi connectivity index (χ0v) is 11.2. The number of likely N-dealkylation sites (N-methyl/N-ethyl adjacent to an activating group) is 1. The van der Waals surface area contributed by atoms with Crippen LogP contribution in [0.15, 0.2) is 23.1 Å². The molecule has 0 radical (unpaired) electrons. The molecule has 0 unspecified atom stereocenters. The van der Waals surface area contributed by atoms with Crippen LogP contribution in [0.5, 0.6) is 0 Å². The molecule has 5 N–H and O–H groups in total. The average Bonchev–Trinajstić information content (AvgIpc) is 2.43. The summed E-state index contributed by atoms with van der Waals surface area (Å²) in [5.74, 6) is 4.62. The van der Waals surface area contributed by atoms with Crippen molar-refractivity contribution < 1.29 is 18.1 Å². The Hall–Kier alpha value is -2.24. The number of hydrazine groups is 1. The fourth-order valence-electron chi connectivity index (χ4n) is 1.31. The molecule has 0 aliphatic heterocycles. The smallest absolute Gasteiger partial charge is 0.271 e. The van der Waals surface area contributed by atoms with Crippen molar-refractivity contribution in [2.75, 3.05) is 19.0 Å². The molecule has 0 spiro atoms. The van der Waals surface area contributed by atoms with Crippen LogP contribution in [0.2, 0.25) is 0 Å². The van der Waals surface area contributed by atoms with E-state index < -0.39 is 27.4 Å². The largest absolute Gasteiger partial charge is 0.358 e. The van der Waals surface area contributed by atoms with Crippen LogP contribution < -0.4 is 21.3 Å². The molecule has 0 aliphatic rings. The quantitative estimate of drug-likeness (QED) is 0.295. The third-order valence-electron chi connectivity index (χ3n) is 2.32. The van der Waals surface area contributed by atoms with E-state index in [2.05, 4.69) is 10.7 Å². The number of sulfonamides is 1. The number of nitrogens with two attached hydrogens (primary N) is 1. The van der Waals surface area contributed by atoms with Crippen LogP contribution in [0.1, 0.15) is 0 Å². The molecular weight excluding hydrogens is 290 g/mol. The summed E-state index contributed by atoms with van der Waals surface area (Å²) >= 11 is 0. The maximum absolute atomic E-state index is 12.0. The Bertz CT molecular complexity index is 630. The van der Waals surface area contributed by atoms with E-state index in [4.69, 9.17) is 5.84 Å². The van der Waals surface area contributed by atoms with Crippen molar-refractivity contribution in [2.45, 2.75) is 4.90 Å². The standard InChI is InChI=1S/C9H13N5O5S/c1-11-9(15)5-12-20(18,19)8-3-2-6(14(16)17)4-7(8)13-10/h2-4,12-13H,5,10H2,1H3,(H,11,15). The molecule has 0 bridgehead atoms. The molecule has 10 nitrogen and oxygen atoms in total. The van der Waals surface area contributed by atoms with Crippen molar-refractivity contribution >= 4 is 27.3 Å². The zero-order chi connectivity index (χ0) is 15.3. The molecule has 110 valence electrons. The fourth-order valence-corrected chi connectivity index (χ4v) is 2.44. The van der Waals surface area contributed by atoms with Crippen LogP contribution in [-0.2, 0) is 14.8 Å². The molecule has 0 atom stereocenters. The number of anilines is 1. The number of nitrogen functional groups attached to an aromatic ring is 1. The van der Waals surface area contributed by atoms with E-state index in [1.165, 1.54) is 7.05 Å². The minimum absolute atomic E-state index is 0.149. The maximum atomic E-state index is 12.0. The van der Waals surface area contributed by atoms with Crippen LogP contribution >= 0.6 is 0 Å². The number of hydrogen-bond donors (Lipinski definition) is 4. The van der Waals surface area contributed by atoms with Crippen molar-refractivity contribution in [1.29, 1.82) is 0 Å². The van der Waals surface area contributed by atoms with Crippen LogP contribution in [0, 0.1) is 10.1 Å². The second-order valence-electron chi connectivity index (χ2n) is 3.58. The Morgan fingerprint density at radius 1 is 1.45 bits per heavy atom. The Kier molecular flexibility index (Phi) is 4.96. The highest BCUT2D eigenvalue weighted by Gasteiger charge is 2.21. The highest BCUT2D eigenvalue weighted by Crippen LogP contribution is 2.25. The monoisotopic (exact) mass is 303 g/mol. The van der Waals surface area contributed by atoms with E-state index in [1.807, 2.05) is 4.72 Å². The number of nitrogens with one attached hydrogen (secondary N) is 3. The topological polar surface area (TPSA) is 156 Å². The van der Waals surface area contributed by atoms with Crippen molar-refractivity contribution in [2.24, 2.45) is 5.84 Å². The summed E-state index contributed by atoms with van der Waals surface area (Å²) in [6, 6.07) is 3.03. The molecule has 1 amide bonds. The first kappa shape index (κ1) is 15.8. The molecule has 0 fully saturated rings. The van der Waals surface area contributed by atoms with Gasteiger partial charge in [0.25, 0.3) is 5.69 Å². The molecule has 20 heavy (non-hydrogen) atoms. The lowest BCUT2D eigenvalue weighted by molar-refractivity contribution is -0.384. The van der Waals surface area contributed by atoms with E-state index in [9.17, 15) is 23.3 Å². The minimum atomic E-state index is -4.03. The second kappa shape index (κ2) is 6.27. The first-order valence-electron chi connectivity index (χ1n) is 5.27. The summed E-state index contributed by atoms with van der Waals surface area (Å²) in [5.41, 5.74) is 1.61. The first-order chi connectivity index (χ1) is 9.31. The Labute approximate surface area is 114 Å².